The van der Waals surface area contributed by atoms with Crippen LogP contribution in [0.15, 0.2) is 6.07 Å². The quantitative estimate of drug-likeness (QED) is 0.585. The van der Waals surface area contributed by atoms with Crippen LogP contribution < -0.4 is 5.32 Å². The van der Waals surface area contributed by atoms with Gasteiger partial charge in [-0.3, -0.25) is 4.79 Å². The minimum Gasteiger partial charge on any atom is -0.503 e. The minimum atomic E-state index is -5.01. The Morgan fingerprint density at radius 3 is 2.30 bits per heavy atom. The van der Waals surface area contributed by atoms with E-state index in [0.29, 0.717) is 0 Å². The molecule has 0 aliphatic rings. The molecule has 20 heavy (non-hydrogen) atoms. The van der Waals surface area contributed by atoms with E-state index in [9.17, 15) is 31.1 Å². The number of benzene rings is 1. The molecule has 0 spiro atoms. The number of carbonyl (C=O) groups is 1. The second kappa shape index (κ2) is 5.57. The number of phenolic OH excluding ortho intramolecular Hbond substituents is 1. The predicted octanol–water partition coefficient (Wildman–Crippen LogP) is 1.46. The highest BCUT2D eigenvalue weighted by atomic mass is 19.4. The smallest absolute Gasteiger partial charge is 0.416 e. The lowest BCUT2D eigenvalue weighted by atomic mass is 10.1. The molecule has 0 heterocycles. The molecule has 0 aliphatic carbocycles. The van der Waals surface area contributed by atoms with Crippen molar-refractivity contribution in [3.8, 4) is 5.75 Å². The zero-order valence-electron chi connectivity index (χ0n) is 9.43. The molecule has 10 heteroatoms. The highest BCUT2D eigenvalue weighted by Gasteiger charge is 2.38. The van der Waals surface area contributed by atoms with Gasteiger partial charge in [-0.25, -0.2) is 8.78 Å². The second-order valence-corrected chi connectivity index (χ2v) is 3.65. The summed E-state index contributed by atoms with van der Waals surface area (Å²) in [6.07, 6.45) is -7.92. The minimum absolute atomic E-state index is 0.0691. The number of phenols is 1. The first-order chi connectivity index (χ1) is 9.05. The molecule has 0 aromatic heterocycles. The van der Waals surface area contributed by atoms with Gasteiger partial charge in [-0.2, -0.15) is 17.6 Å². The average Bonchev–Trinajstić information content (AvgIpc) is 2.36. The summed E-state index contributed by atoms with van der Waals surface area (Å²) in [5.41, 5.74) is -1.20. The number of carbonyl (C=O) groups excluding carboxylic acids is 1. The van der Waals surface area contributed by atoms with Crippen LogP contribution in [0.5, 0.6) is 5.75 Å². The van der Waals surface area contributed by atoms with Gasteiger partial charge in [0.25, 0.3) is 5.91 Å². The standard InChI is InChI=1S/C10H7F6NO3/c11-4-1-3(6(12)8(19)7(4)13)9(20)17-2-5(18)10(14,15)16/h1,5,18-19H,2H2,(H,17,20). The SMILES string of the molecule is O=C(NCC(O)C(F)(F)F)c1cc(F)c(F)c(O)c1F. The van der Waals surface area contributed by atoms with Crippen LogP contribution in [0.25, 0.3) is 0 Å². The number of hydrogen-bond acceptors (Lipinski definition) is 3. The first-order valence-corrected chi connectivity index (χ1v) is 4.95. The molecular weight excluding hydrogens is 296 g/mol. The van der Waals surface area contributed by atoms with Gasteiger partial charge >= 0.3 is 6.18 Å². The van der Waals surface area contributed by atoms with Crippen LogP contribution in [0.4, 0.5) is 26.3 Å². The van der Waals surface area contributed by atoms with E-state index in [4.69, 9.17) is 10.2 Å². The van der Waals surface area contributed by atoms with Crippen molar-refractivity contribution in [1.29, 1.82) is 0 Å². The fourth-order valence-corrected chi connectivity index (χ4v) is 1.16. The van der Waals surface area contributed by atoms with Gasteiger partial charge in [-0.1, -0.05) is 0 Å². The Bertz CT molecular complexity index is 531. The van der Waals surface area contributed by atoms with E-state index in [2.05, 4.69) is 0 Å². The van der Waals surface area contributed by atoms with Gasteiger partial charge in [0.15, 0.2) is 23.5 Å². The number of amides is 1. The van der Waals surface area contributed by atoms with Gasteiger partial charge in [0, 0.05) is 0 Å². The van der Waals surface area contributed by atoms with E-state index in [1.165, 1.54) is 5.32 Å². The summed E-state index contributed by atoms with van der Waals surface area (Å²) >= 11 is 0. The molecule has 1 aromatic carbocycles. The molecular formula is C10H7F6NO3. The average molecular weight is 303 g/mol. The van der Waals surface area contributed by atoms with Gasteiger partial charge in [-0.05, 0) is 6.07 Å². The van der Waals surface area contributed by atoms with Crippen molar-refractivity contribution in [3.63, 3.8) is 0 Å². The van der Waals surface area contributed by atoms with Gasteiger partial charge in [0.2, 0.25) is 5.82 Å². The maximum atomic E-state index is 13.2. The van der Waals surface area contributed by atoms with Crippen molar-refractivity contribution >= 4 is 5.91 Å². The largest absolute Gasteiger partial charge is 0.503 e. The number of nitrogens with one attached hydrogen (secondary N) is 1. The fraction of sp³-hybridized carbons (Fsp3) is 0.300. The lowest BCUT2D eigenvalue weighted by Crippen LogP contribution is -2.40. The molecule has 112 valence electrons. The predicted molar refractivity (Wildman–Crippen MR) is 52.4 cm³/mol. The molecule has 1 amide bonds. The second-order valence-electron chi connectivity index (χ2n) is 3.65. The van der Waals surface area contributed by atoms with Crippen LogP contribution in [-0.2, 0) is 0 Å². The number of halogens is 6. The Balaban J connectivity index is 2.90. The van der Waals surface area contributed by atoms with Crippen LogP contribution in [0, 0.1) is 17.5 Å². The summed E-state index contributed by atoms with van der Waals surface area (Å²) in [6.45, 7) is -1.32. The Labute approximate surface area is 107 Å². The van der Waals surface area contributed by atoms with Gasteiger partial charge in [0.1, 0.15) is 0 Å². The van der Waals surface area contributed by atoms with Crippen LogP contribution >= 0.6 is 0 Å². The van der Waals surface area contributed by atoms with Crippen molar-refractivity contribution in [2.45, 2.75) is 12.3 Å². The van der Waals surface area contributed by atoms with E-state index in [1.807, 2.05) is 0 Å². The lowest BCUT2D eigenvalue weighted by Gasteiger charge is -2.15. The molecule has 1 atom stereocenters. The van der Waals surface area contributed by atoms with Crippen molar-refractivity contribution in [3.05, 3.63) is 29.1 Å². The Morgan fingerprint density at radius 1 is 1.25 bits per heavy atom. The lowest BCUT2D eigenvalue weighted by molar-refractivity contribution is -0.201. The fourth-order valence-electron chi connectivity index (χ4n) is 1.16. The molecule has 0 fully saturated rings. The summed E-state index contributed by atoms with van der Waals surface area (Å²) in [6, 6.07) is 0.0691. The first kappa shape index (κ1) is 16.1. The Hall–Kier alpha value is -1.97. The molecule has 0 saturated carbocycles. The number of rotatable bonds is 3. The zero-order chi connectivity index (χ0) is 15.7. The van der Waals surface area contributed by atoms with Crippen LogP contribution in [-0.4, -0.2) is 34.9 Å². The summed E-state index contributed by atoms with van der Waals surface area (Å²) in [5.74, 6) is -8.85. The highest BCUT2D eigenvalue weighted by molar-refractivity contribution is 5.95. The molecule has 0 radical (unpaired) electrons. The van der Waals surface area contributed by atoms with Crippen molar-refractivity contribution in [1.82, 2.24) is 5.32 Å². The van der Waals surface area contributed by atoms with Crippen molar-refractivity contribution in [2.75, 3.05) is 6.54 Å². The molecule has 1 unspecified atom stereocenters. The number of alkyl halides is 3. The molecule has 0 aliphatic heterocycles. The van der Waals surface area contributed by atoms with Gasteiger partial charge in [-0.15, -0.1) is 0 Å². The van der Waals surface area contributed by atoms with E-state index >= 15 is 0 Å². The first-order valence-electron chi connectivity index (χ1n) is 4.95. The van der Waals surface area contributed by atoms with E-state index in [0.717, 1.165) is 0 Å². The number of aliphatic hydroxyl groups is 1. The number of hydrogen-bond donors (Lipinski definition) is 3. The Kier molecular flexibility index (Phi) is 4.48. The van der Waals surface area contributed by atoms with E-state index in [1.54, 1.807) is 0 Å². The molecule has 1 aromatic rings. The summed E-state index contributed by atoms with van der Waals surface area (Å²) in [7, 11) is 0. The van der Waals surface area contributed by atoms with Crippen LogP contribution in [0.3, 0.4) is 0 Å². The molecule has 3 N–H and O–H groups in total. The topological polar surface area (TPSA) is 69.6 Å². The third-order valence-corrected chi connectivity index (χ3v) is 2.21. The summed E-state index contributed by atoms with van der Waals surface area (Å²) < 4.78 is 74.6. The maximum absolute atomic E-state index is 13.2. The molecule has 4 nitrogen and oxygen atoms in total. The monoisotopic (exact) mass is 303 g/mol. The van der Waals surface area contributed by atoms with Gasteiger partial charge < -0.3 is 15.5 Å². The normalized spacial score (nSPS) is 13.2. The maximum Gasteiger partial charge on any atom is 0.416 e. The Morgan fingerprint density at radius 2 is 1.80 bits per heavy atom. The van der Waals surface area contributed by atoms with Crippen molar-refractivity contribution < 1.29 is 41.4 Å². The number of aromatic hydroxyl groups is 1. The molecule has 0 saturated heterocycles. The summed E-state index contributed by atoms with van der Waals surface area (Å²) in [4.78, 5) is 11.3. The zero-order valence-corrected chi connectivity index (χ0v) is 9.43. The van der Waals surface area contributed by atoms with Crippen LogP contribution in [0.2, 0.25) is 0 Å². The third-order valence-electron chi connectivity index (χ3n) is 2.21. The van der Waals surface area contributed by atoms with Crippen molar-refractivity contribution in [2.24, 2.45) is 0 Å². The molecule has 0 bridgehead atoms. The highest BCUT2D eigenvalue weighted by Crippen LogP contribution is 2.26. The summed E-state index contributed by atoms with van der Waals surface area (Å²) in [5, 5.41) is 18.9. The molecule has 1 rings (SSSR count). The van der Waals surface area contributed by atoms with E-state index in [-0.39, 0.29) is 6.07 Å². The third kappa shape index (κ3) is 3.32. The van der Waals surface area contributed by atoms with Crippen LogP contribution in [0.1, 0.15) is 10.4 Å². The van der Waals surface area contributed by atoms with E-state index < -0.39 is 53.5 Å². The number of aliphatic hydroxyl groups excluding tert-OH is 1. The van der Waals surface area contributed by atoms with Gasteiger partial charge in [0.05, 0.1) is 12.1 Å².